The zero-order valence-electron chi connectivity index (χ0n) is 26.6. The maximum Gasteiger partial charge on any atom is 0.326 e. The predicted molar refractivity (Wildman–Crippen MR) is 183 cm³/mol. The Hall–Kier alpha value is -4.01. The van der Waals surface area contributed by atoms with Crippen LogP contribution in [0.25, 0.3) is 0 Å². The number of carbonyl (C=O) groups excluding carboxylic acids is 2. The van der Waals surface area contributed by atoms with E-state index in [2.05, 4.69) is 16.9 Å². The number of benzene rings is 1. The van der Waals surface area contributed by atoms with Gasteiger partial charge < -0.3 is 25.6 Å². The molecule has 12 nitrogen and oxygen atoms in total. The van der Waals surface area contributed by atoms with Gasteiger partial charge in [-0.3, -0.25) is 9.59 Å². The average Bonchev–Trinajstić information content (AvgIpc) is 3.42. The molecule has 2 amide bonds. The van der Waals surface area contributed by atoms with Gasteiger partial charge in [-0.1, -0.05) is 38.6 Å². The first-order chi connectivity index (χ1) is 21.3. The van der Waals surface area contributed by atoms with Crippen LogP contribution >= 0.6 is 11.8 Å². The highest BCUT2D eigenvalue weighted by Crippen LogP contribution is 2.36. The number of pyridine rings is 1. The number of aliphatic carboxylic acids is 1. The molecule has 1 aromatic heterocycles. The van der Waals surface area contributed by atoms with E-state index in [1.807, 2.05) is 64.8 Å². The molecule has 0 aliphatic carbocycles. The lowest BCUT2D eigenvalue weighted by atomic mass is 10.1. The minimum atomic E-state index is -3.52. The molecule has 0 unspecified atom stereocenters. The first-order valence-electron chi connectivity index (χ1n) is 14.2. The minimum absolute atomic E-state index is 0.0131. The molecule has 1 aromatic carbocycles. The molecule has 14 heteroatoms. The van der Waals surface area contributed by atoms with Crippen molar-refractivity contribution in [3.05, 3.63) is 71.8 Å². The Morgan fingerprint density at radius 2 is 1.89 bits per heavy atom. The fraction of sp³-hybridized carbons (Fsp3) is 0.387. The average molecular weight is 661 g/mol. The van der Waals surface area contributed by atoms with E-state index in [0.29, 0.717) is 36.9 Å². The van der Waals surface area contributed by atoms with E-state index in [0.717, 1.165) is 23.9 Å². The van der Waals surface area contributed by atoms with Crippen molar-refractivity contribution in [2.75, 3.05) is 35.8 Å². The van der Waals surface area contributed by atoms with Gasteiger partial charge in [-0.2, -0.15) is 4.31 Å². The van der Waals surface area contributed by atoms with E-state index in [1.165, 1.54) is 16.5 Å². The second-order valence-corrected chi connectivity index (χ2v) is 13.5. The smallest absolute Gasteiger partial charge is 0.326 e. The third-order valence-electron chi connectivity index (χ3n) is 6.41. The zero-order valence-corrected chi connectivity index (χ0v) is 28.3. The number of rotatable bonds is 14. The number of hydrogen-bond donors (Lipinski definition) is 3. The maximum absolute atomic E-state index is 12.1. The van der Waals surface area contributed by atoms with Crippen molar-refractivity contribution in [1.29, 1.82) is 5.41 Å². The number of aromatic nitrogens is 1. The summed E-state index contributed by atoms with van der Waals surface area (Å²) in [6.45, 7) is 14.3. The van der Waals surface area contributed by atoms with Gasteiger partial charge in [-0.25, -0.2) is 18.2 Å². The van der Waals surface area contributed by atoms with Crippen LogP contribution in [0.4, 0.5) is 17.2 Å². The number of sulfonamides is 1. The first-order valence-corrected chi connectivity index (χ1v) is 16.7. The lowest BCUT2D eigenvalue weighted by molar-refractivity contribution is -0.140. The van der Waals surface area contributed by atoms with Crippen LogP contribution in [0, 0.1) is 5.41 Å². The number of carboxylic acid groups (broad SMARTS) is 1. The maximum atomic E-state index is 12.1. The molecule has 1 saturated heterocycles. The summed E-state index contributed by atoms with van der Waals surface area (Å²) in [5.74, 6) is -0.0161. The topological polar surface area (TPSA) is 164 Å². The van der Waals surface area contributed by atoms with E-state index >= 15 is 0 Å². The quantitative estimate of drug-likeness (QED) is 0.151. The van der Waals surface area contributed by atoms with Gasteiger partial charge in [0.1, 0.15) is 6.04 Å². The Morgan fingerprint density at radius 1 is 1.24 bits per heavy atom. The van der Waals surface area contributed by atoms with E-state index in [4.69, 9.17) is 10.5 Å². The lowest BCUT2D eigenvalue weighted by Crippen LogP contribution is -2.37. The minimum Gasteiger partial charge on any atom is -0.480 e. The van der Waals surface area contributed by atoms with Gasteiger partial charge in [0.05, 0.1) is 16.5 Å². The molecule has 1 aliphatic heterocycles. The van der Waals surface area contributed by atoms with Crippen molar-refractivity contribution >= 4 is 64.0 Å². The number of carboxylic acids is 1. The van der Waals surface area contributed by atoms with Crippen molar-refractivity contribution in [2.24, 2.45) is 0 Å². The molecule has 0 saturated carbocycles. The summed E-state index contributed by atoms with van der Waals surface area (Å²) in [5.41, 5.74) is 2.30. The highest BCUT2D eigenvalue weighted by Gasteiger charge is 2.37. The number of anilines is 3. The monoisotopic (exact) mass is 660 g/mol. The van der Waals surface area contributed by atoms with Crippen molar-refractivity contribution in [2.45, 2.75) is 51.8 Å². The molecular formula is C31H44N6O6S2. The fourth-order valence-corrected chi connectivity index (χ4v) is 6.91. The number of carbonyl (C=O) groups is 3. The third-order valence-corrected chi connectivity index (χ3v) is 9.71. The molecule has 3 N–H and O–H groups in total. The summed E-state index contributed by atoms with van der Waals surface area (Å²) in [5, 5.41) is 18.5. The van der Waals surface area contributed by atoms with Gasteiger partial charge in [0, 0.05) is 49.4 Å². The van der Waals surface area contributed by atoms with E-state index < -0.39 is 22.0 Å². The van der Waals surface area contributed by atoms with Gasteiger partial charge in [0.25, 0.3) is 0 Å². The van der Waals surface area contributed by atoms with Crippen LogP contribution in [0.15, 0.2) is 66.2 Å². The van der Waals surface area contributed by atoms with E-state index in [9.17, 15) is 22.8 Å². The fourth-order valence-electron chi connectivity index (χ4n) is 4.08. The second kappa shape index (κ2) is 18.7. The highest BCUT2D eigenvalue weighted by molar-refractivity contribution is 8.02. The Bertz CT molecular complexity index is 1430. The van der Waals surface area contributed by atoms with Crippen LogP contribution in [0.1, 0.15) is 40.2 Å². The standard InChI is InChI=1S/C19H22N4O4.C10H16N2O2S2.C2H6/c1-3-23(13-25)17-5-4-10-20-18(17)22(2)15-8-6-14(7-9-15)11-16(19(26)27)21-12-24;1-4-5-9(6-11)16(13,14)12-7-10(2,3)15-8-12;1-2/h4-10,12-13,16H,3,11H2,1-2H3,(H,21,24)(H,26,27);4-6,11H,1,7-8H2,2-3H3;1-2H3/b;9-5+,11-6?;/t16-;;/m0../s1. The number of nitrogens with one attached hydrogen (secondary N) is 2. The van der Waals surface area contributed by atoms with Crippen molar-refractivity contribution < 1.29 is 27.9 Å². The molecular weight excluding hydrogens is 617 g/mol. The summed E-state index contributed by atoms with van der Waals surface area (Å²) >= 11 is 1.60. The summed E-state index contributed by atoms with van der Waals surface area (Å²) < 4.78 is 25.5. The van der Waals surface area contributed by atoms with Crippen LogP contribution < -0.4 is 15.1 Å². The van der Waals surface area contributed by atoms with Crippen LogP contribution in [0.5, 0.6) is 0 Å². The lowest BCUT2D eigenvalue weighted by Gasteiger charge is -2.25. The molecule has 1 fully saturated rings. The zero-order chi connectivity index (χ0) is 34.2. The molecule has 0 bridgehead atoms. The highest BCUT2D eigenvalue weighted by atomic mass is 32.2. The molecule has 2 heterocycles. The summed E-state index contributed by atoms with van der Waals surface area (Å²) in [6.07, 6.45) is 6.57. The predicted octanol–water partition coefficient (Wildman–Crippen LogP) is 4.42. The Labute approximate surface area is 270 Å². The van der Waals surface area contributed by atoms with Gasteiger partial charge >= 0.3 is 5.97 Å². The Balaban J connectivity index is 0.000000479. The van der Waals surface area contributed by atoms with Crippen LogP contribution in [-0.2, 0) is 30.8 Å². The van der Waals surface area contributed by atoms with Gasteiger partial charge in [-0.05, 0) is 56.7 Å². The first kappa shape index (κ1) is 39.0. The van der Waals surface area contributed by atoms with Crippen molar-refractivity contribution in [1.82, 2.24) is 14.6 Å². The summed E-state index contributed by atoms with van der Waals surface area (Å²) in [4.78, 5) is 40.8. The number of amides is 2. The number of allylic oxidation sites excluding steroid dienone is 3. The van der Waals surface area contributed by atoms with Crippen molar-refractivity contribution in [3.8, 4) is 0 Å². The molecule has 246 valence electrons. The summed E-state index contributed by atoms with van der Waals surface area (Å²) in [7, 11) is -1.68. The van der Waals surface area contributed by atoms with Crippen LogP contribution in [-0.4, -0.2) is 84.6 Å². The third kappa shape index (κ3) is 11.1. The Kier molecular flexibility index (Phi) is 16.2. The normalized spacial score (nSPS) is 14.8. The molecule has 0 spiro atoms. The molecule has 0 radical (unpaired) electrons. The largest absolute Gasteiger partial charge is 0.480 e. The number of thioether (sulfide) groups is 1. The van der Waals surface area contributed by atoms with Crippen LogP contribution in [0.3, 0.4) is 0 Å². The molecule has 2 aromatic rings. The van der Waals surface area contributed by atoms with Gasteiger partial charge in [0.2, 0.25) is 22.8 Å². The van der Waals surface area contributed by atoms with Gasteiger partial charge in [0.15, 0.2) is 5.82 Å². The molecule has 3 rings (SSSR count). The SMILES string of the molecule is C=C/C=C(\C=N)S(=O)(=O)N1CSC(C)(C)C1.CC.CCN(C=O)c1cccnc1N(C)c1ccc(C[C@H](NC=O)C(=O)O)cc1. The van der Waals surface area contributed by atoms with Gasteiger partial charge in [-0.15, -0.1) is 11.8 Å². The van der Waals surface area contributed by atoms with Crippen LogP contribution in [0.2, 0.25) is 0 Å². The van der Waals surface area contributed by atoms with E-state index in [1.54, 1.807) is 41.1 Å². The Morgan fingerprint density at radius 3 is 2.36 bits per heavy atom. The number of nitrogens with zero attached hydrogens (tertiary/aromatic N) is 4. The molecule has 1 atom stereocenters. The van der Waals surface area contributed by atoms with E-state index in [-0.39, 0.29) is 16.1 Å². The molecule has 45 heavy (non-hydrogen) atoms. The second-order valence-electron chi connectivity index (χ2n) is 9.94. The molecule has 1 aliphatic rings. The number of hydrogen-bond acceptors (Lipinski definition) is 9. The summed E-state index contributed by atoms with van der Waals surface area (Å²) in [6, 6.07) is 9.90. The van der Waals surface area contributed by atoms with Crippen molar-refractivity contribution in [3.63, 3.8) is 0 Å².